The second-order valence-corrected chi connectivity index (χ2v) is 7.48. The van der Waals surface area contributed by atoms with Crippen LogP contribution in [0.5, 0.6) is 0 Å². The van der Waals surface area contributed by atoms with Crippen molar-refractivity contribution in [3.05, 3.63) is 0 Å². The molecule has 4 heterocycles. The molecular formula is C17H31N3O2. The van der Waals surface area contributed by atoms with Crippen molar-refractivity contribution in [2.45, 2.75) is 45.3 Å². The fraction of sp³-hybridized carbons (Fsp3) is 0.941. The molecule has 4 saturated heterocycles. The van der Waals surface area contributed by atoms with Gasteiger partial charge in [-0.25, -0.2) is 0 Å². The molecule has 0 aromatic heterocycles. The molecule has 4 aliphatic heterocycles. The molecule has 0 N–H and O–H groups in total. The van der Waals surface area contributed by atoms with Gasteiger partial charge in [-0.15, -0.1) is 0 Å². The third-order valence-electron chi connectivity index (χ3n) is 5.71. The zero-order valence-electron chi connectivity index (χ0n) is 14.4. The summed E-state index contributed by atoms with van der Waals surface area (Å²) in [6.07, 6.45) is 2.72. The van der Waals surface area contributed by atoms with Crippen molar-refractivity contribution in [1.29, 1.82) is 0 Å². The predicted molar refractivity (Wildman–Crippen MR) is 86.8 cm³/mol. The molecule has 0 spiro atoms. The summed E-state index contributed by atoms with van der Waals surface area (Å²) in [7, 11) is 0. The lowest BCUT2D eigenvalue weighted by Gasteiger charge is -2.51. The van der Waals surface area contributed by atoms with Gasteiger partial charge in [0.1, 0.15) is 5.60 Å². The van der Waals surface area contributed by atoms with Crippen LogP contribution in [0.15, 0.2) is 0 Å². The Balaban J connectivity index is 1.53. The van der Waals surface area contributed by atoms with Crippen LogP contribution in [0.1, 0.15) is 33.6 Å². The molecular weight excluding hydrogens is 278 g/mol. The Hall–Kier alpha value is -0.650. The first kappa shape index (κ1) is 16.2. The van der Waals surface area contributed by atoms with Crippen LogP contribution in [0.25, 0.3) is 0 Å². The highest BCUT2D eigenvalue weighted by atomic mass is 16.5. The first-order chi connectivity index (χ1) is 10.5. The van der Waals surface area contributed by atoms with E-state index in [1.54, 1.807) is 0 Å². The number of amides is 1. The van der Waals surface area contributed by atoms with Crippen LogP contribution in [0.4, 0.5) is 0 Å². The van der Waals surface area contributed by atoms with Crippen molar-refractivity contribution >= 4 is 5.91 Å². The van der Waals surface area contributed by atoms with Gasteiger partial charge in [0.25, 0.3) is 5.91 Å². The molecule has 2 bridgehead atoms. The third kappa shape index (κ3) is 3.17. The van der Waals surface area contributed by atoms with Gasteiger partial charge in [0.2, 0.25) is 0 Å². The zero-order valence-corrected chi connectivity index (χ0v) is 14.4. The molecule has 4 aliphatic rings. The number of nitrogens with zero attached hydrogens (tertiary/aromatic N) is 3. The van der Waals surface area contributed by atoms with Crippen LogP contribution >= 0.6 is 0 Å². The van der Waals surface area contributed by atoms with Gasteiger partial charge < -0.3 is 14.5 Å². The van der Waals surface area contributed by atoms with Crippen molar-refractivity contribution in [1.82, 2.24) is 14.7 Å². The van der Waals surface area contributed by atoms with E-state index in [1.165, 1.54) is 32.5 Å². The fourth-order valence-corrected chi connectivity index (χ4v) is 4.41. The molecule has 0 unspecified atom stereocenters. The van der Waals surface area contributed by atoms with Crippen LogP contribution in [0.2, 0.25) is 0 Å². The van der Waals surface area contributed by atoms with Crippen molar-refractivity contribution < 1.29 is 9.53 Å². The maximum Gasteiger partial charge on any atom is 0.254 e. The zero-order chi connectivity index (χ0) is 15.7. The normalized spacial score (nSPS) is 33.2. The highest BCUT2D eigenvalue weighted by Crippen LogP contribution is 2.31. The lowest BCUT2D eigenvalue weighted by molar-refractivity contribution is -0.156. The van der Waals surface area contributed by atoms with Crippen molar-refractivity contribution in [3.8, 4) is 0 Å². The summed E-state index contributed by atoms with van der Waals surface area (Å²) in [6.45, 7) is 13.9. The van der Waals surface area contributed by atoms with Crippen molar-refractivity contribution in [2.24, 2.45) is 5.92 Å². The number of fused-ring (bicyclic) bond motifs is 3. The molecule has 5 heteroatoms. The van der Waals surface area contributed by atoms with Gasteiger partial charge in [0.15, 0.2) is 0 Å². The topological polar surface area (TPSA) is 36.0 Å². The fourth-order valence-electron chi connectivity index (χ4n) is 4.41. The second-order valence-electron chi connectivity index (χ2n) is 7.48. The van der Waals surface area contributed by atoms with Gasteiger partial charge in [-0.05, 0) is 52.6 Å². The molecule has 22 heavy (non-hydrogen) atoms. The molecule has 126 valence electrons. The molecule has 4 fully saturated rings. The van der Waals surface area contributed by atoms with Crippen LogP contribution in [0, 0.1) is 5.92 Å². The first-order valence-electron chi connectivity index (χ1n) is 8.91. The first-order valence-corrected chi connectivity index (χ1v) is 8.91. The van der Waals surface area contributed by atoms with E-state index < -0.39 is 5.60 Å². The summed E-state index contributed by atoms with van der Waals surface area (Å²) in [4.78, 5) is 19.8. The lowest BCUT2D eigenvalue weighted by atomic mass is 9.83. The number of carbonyl (C=O) groups excluding carboxylic acids is 1. The van der Waals surface area contributed by atoms with Gasteiger partial charge in [0.05, 0.1) is 0 Å². The van der Waals surface area contributed by atoms with Crippen molar-refractivity contribution in [2.75, 3.05) is 52.4 Å². The Morgan fingerprint density at radius 3 is 2.23 bits per heavy atom. The minimum absolute atomic E-state index is 0.142. The van der Waals surface area contributed by atoms with E-state index in [0.717, 1.165) is 38.1 Å². The lowest BCUT2D eigenvalue weighted by Crippen LogP contribution is -2.62. The summed E-state index contributed by atoms with van der Waals surface area (Å²) < 4.78 is 5.62. The SMILES string of the molecule is CCOC(C)(C)C(=O)N1CCN([C@H]2CN3CCC2CC3)CC1. The van der Waals surface area contributed by atoms with E-state index in [4.69, 9.17) is 4.74 Å². The van der Waals surface area contributed by atoms with E-state index in [9.17, 15) is 4.79 Å². The highest BCUT2D eigenvalue weighted by molar-refractivity contribution is 5.84. The number of piperidine rings is 3. The monoisotopic (exact) mass is 309 g/mol. The molecule has 0 saturated carbocycles. The Kier molecular flexibility index (Phi) is 4.76. The molecule has 4 rings (SSSR count). The summed E-state index contributed by atoms with van der Waals surface area (Å²) in [6, 6.07) is 0.722. The molecule has 1 amide bonds. The minimum Gasteiger partial charge on any atom is -0.366 e. The maximum absolute atomic E-state index is 12.6. The van der Waals surface area contributed by atoms with Crippen LogP contribution in [0.3, 0.4) is 0 Å². The molecule has 1 atom stereocenters. The van der Waals surface area contributed by atoms with E-state index >= 15 is 0 Å². The molecule has 0 aromatic carbocycles. The third-order valence-corrected chi connectivity index (χ3v) is 5.71. The van der Waals surface area contributed by atoms with E-state index in [1.807, 2.05) is 25.7 Å². The van der Waals surface area contributed by atoms with Crippen LogP contribution < -0.4 is 0 Å². The summed E-state index contributed by atoms with van der Waals surface area (Å²) in [5.41, 5.74) is -0.688. The van der Waals surface area contributed by atoms with E-state index in [2.05, 4.69) is 9.80 Å². The van der Waals surface area contributed by atoms with E-state index in [0.29, 0.717) is 6.61 Å². The van der Waals surface area contributed by atoms with Crippen molar-refractivity contribution in [3.63, 3.8) is 0 Å². The molecule has 5 nitrogen and oxygen atoms in total. The van der Waals surface area contributed by atoms with Gasteiger partial charge in [0, 0.05) is 45.4 Å². The maximum atomic E-state index is 12.6. The Morgan fingerprint density at radius 1 is 1.09 bits per heavy atom. The molecule has 0 aromatic rings. The average molecular weight is 309 g/mol. The summed E-state index contributed by atoms with van der Waals surface area (Å²) in [5, 5.41) is 0. The number of ether oxygens (including phenoxy) is 1. The Morgan fingerprint density at radius 2 is 1.73 bits per heavy atom. The summed E-state index contributed by atoms with van der Waals surface area (Å²) in [5.74, 6) is 1.02. The second kappa shape index (κ2) is 6.46. The molecule has 0 radical (unpaired) electrons. The molecule has 0 aliphatic carbocycles. The van der Waals surface area contributed by atoms with Crippen LogP contribution in [-0.2, 0) is 9.53 Å². The smallest absolute Gasteiger partial charge is 0.254 e. The number of hydrogen-bond acceptors (Lipinski definition) is 4. The number of carbonyl (C=O) groups is 1. The summed E-state index contributed by atoms with van der Waals surface area (Å²) >= 11 is 0. The van der Waals surface area contributed by atoms with Gasteiger partial charge in [-0.2, -0.15) is 0 Å². The minimum atomic E-state index is -0.688. The van der Waals surface area contributed by atoms with Crippen LogP contribution in [-0.4, -0.2) is 84.7 Å². The Labute approximate surface area is 134 Å². The number of rotatable bonds is 4. The Bertz CT molecular complexity index is 397. The van der Waals surface area contributed by atoms with E-state index in [-0.39, 0.29) is 5.91 Å². The number of piperazine rings is 1. The highest BCUT2D eigenvalue weighted by Gasteiger charge is 2.40. The largest absolute Gasteiger partial charge is 0.366 e. The number of hydrogen-bond donors (Lipinski definition) is 0. The van der Waals surface area contributed by atoms with Gasteiger partial charge in [-0.3, -0.25) is 9.69 Å². The van der Waals surface area contributed by atoms with Gasteiger partial charge >= 0.3 is 0 Å². The quantitative estimate of drug-likeness (QED) is 0.777. The standard InChI is InChI=1S/C17H31N3O2/c1-4-22-17(2,3)16(21)20-11-9-19(10-12-20)15-13-18-7-5-14(15)6-8-18/h14-15H,4-13H2,1-3H3/t15-/m0/s1. The van der Waals surface area contributed by atoms with Gasteiger partial charge in [-0.1, -0.05) is 0 Å². The average Bonchev–Trinajstić information content (AvgIpc) is 2.55. The predicted octanol–water partition coefficient (Wildman–Crippen LogP) is 1.04.